The number of nitrogens with one attached hydrogen (secondary N) is 1. The average Bonchev–Trinajstić information content (AvgIpc) is 2.45. The van der Waals surface area contributed by atoms with Crippen LogP contribution in [0.5, 0.6) is 11.5 Å². The second-order valence-corrected chi connectivity index (χ2v) is 4.95. The Morgan fingerprint density at radius 1 is 1.00 bits per heavy atom. The molecule has 0 amide bonds. The number of hydrogen-bond acceptors (Lipinski definition) is 2. The minimum Gasteiger partial charge on any atom is -0.457 e. The van der Waals surface area contributed by atoms with E-state index in [0.29, 0.717) is 6.04 Å². The molecule has 2 aromatic rings. The summed E-state index contributed by atoms with van der Waals surface area (Å²) in [4.78, 5) is 0. The van der Waals surface area contributed by atoms with Gasteiger partial charge in [-0.3, -0.25) is 0 Å². The molecule has 1 N–H and O–H groups in total. The normalized spacial score (nSPS) is 11.2. The van der Waals surface area contributed by atoms with Crippen molar-refractivity contribution in [2.45, 2.75) is 19.9 Å². The highest BCUT2D eigenvalue weighted by molar-refractivity contribution is 5.52. The molecule has 0 unspecified atom stereocenters. The molecule has 0 aliphatic heterocycles. The van der Waals surface area contributed by atoms with E-state index < -0.39 is 0 Å². The standard InChI is InChI=1S/C18H21NO/c1-15(2)19-13-7-9-16-8-6-12-18(14-16)20-17-10-4-3-5-11-17/h3-12,14-15,19H,13H2,1-2H3. The Bertz CT molecular complexity index is 546. The second kappa shape index (κ2) is 7.51. The lowest BCUT2D eigenvalue weighted by molar-refractivity contribution is 0.482. The van der Waals surface area contributed by atoms with Gasteiger partial charge in [0.05, 0.1) is 0 Å². The molecule has 20 heavy (non-hydrogen) atoms. The van der Waals surface area contributed by atoms with Crippen LogP contribution in [-0.4, -0.2) is 12.6 Å². The summed E-state index contributed by atoms with van der Waals surface area (Å²) in [5, 5.41) is 3.35. The van der Waals surface area contributed by atoms with E-state index in [0.717, 1.165) is 23.6 Å². The second-order valence-electron chi connectivity index (χ2n) is 4.95. The van der Waals surface area contributed by atoms with Crippen molar-refractivity contribution in [3.63, 3.8) is 0 Å². The quantitative estimate of drug-likeness (QED) is 0.832. The van der Waals surface area contributed by atoms with Crippen LogP contribution in [0, 0.1) is 0 Å². The van der Waals surface area contributed by atoms with Gasteiger partial charge in [-0.25, -0.2) is 0 Å². The largest absolute Gasteiger partial charge is 0.457 e. The molecule has 2 heteroatoms. The van der Waals surface area contributed by atoms with Crippen LogP contribution in [0.3, 0.4) is 0 Å². The Morgan fingerprint density at radius 3 is 2.50 bits per heavy atom. The molecular formula is C18H21NO. The van der Waals surface area contributed by atoms with Gasteiger partial charge in [0.25, 0.3) is 0 Å². The smallest absolute Gasteiger partial charge is 0.128 e. The van der Waals surface area contributed by atoms with Crippen LogP contribution < -0.4 is 10.1 Å². The molecule has 0 spiro atoms. The van der Waals surface area contributed by atoms with Gasteiger partial charge in [-0.2, -0.15) is 0 Å². The van der Waals surface area contributed by atoms with Gasteiger partial charge in [0.1, 0.15) is 11.5 Å². The zero-order valence-corrected chi connectivity index (χ0v) is 12.0. The highest BCUT2D eigenvalue weighted by atomic mass is 16.5. The predicted octanol–water partition coefficient (Wildman–Crippen LogP) is 4.49. The van der Waals surface area contributed by atoms with Gasteiger partial charge in [-0.05, 0) is 29.8 Å². The number of para-hydroxylation sites is 1. The van der Waals surface area contributed by atoms with Gasteiger partial charge in [0.15, 0.2) is 0 Å². The minimum atomic E-state index is 0.507. The zero-order chi connectivity index (χ0) is 14.2. The first-order valence-corrected chi connectivity index (χ1v) is 6.97. The van der Waals surface area contributed by atoms with E-state index in [1.54, 1.807) is 0 Å². The molecular weight excluding hydrogens is 246 g/mol. The predicted molar refractivity (Wildman–Crippen MR) is 85.1 cm³/mol. The highest BCUT2D eigenvalue weighted by Gasteiger charge is 1.96. The Kier molecular flexibility index (Phi) is 5.39. The van der Waals surface area contributed by atoms with Crippen molar-refractivity contribution >= 4 is 6.08 Å². The summed E-state index contributed by atoms with van der Waals surface area (Å²) < 4.78 is 5.81. The Morgan fingerprint density at radius 2 is 1.75 bits per heavy atom. The summed E-state index contributed by atoms with van der Waals surface area (Å²) in [6, 6.07) is 18.4. The highest BCUT2D eigenvalue weighted by Crippen LogP contribution is 2.22. The van der Waals surface area contributed by atoms with Gasteiger partial charge in [0.2, 0.25) is 0 Å². The van der Waals surface area contributed by atoms with Gasteiger partial charge >= 0.3 is 0 Å². The monoisotopic (exact) mass is 267 g/mol. The summed E-state index contributed by atoms with van der Waals surface area (Å²) in [6.45, 7) is 5.16. The Labute approximate surface area is 121 Å². The Balaban J connectivity index is 1.97. The van der Waals surface area contributed by atoms with E-state index in [1.165, 1.54) is 0 Å². The first-order valence-electron chi connectivity index (χ1n) is 6.97. The molecule has 0 radical (unpaired) electrons. The van der Waals surface area contributed by atoms with Crippen molar-refractivity contribution in [3.8, 4) is 11.5 Å². The first kappa shape index (κ1) is 14.4. The van der Waals surface area contributed by atoms with Crippen LogP contribution in [0.25, 0.3) is 6.08 Å². The van der Waals surface area contributed by atoms with Crippen molar-refractivity contribution in [1.29, 1.82) is 0 Å². The van der Waals surface area contributed by atoms with Gasteiger partial charge < -0.3 is 10.1 Å². The fraction of sp³-hybridized carbons (Fsp3) is 0.222. The van der Waals surface area contributed by atoms with E-state index >= 15 is 0 Å². The minimum absolute atomic E-state index is 0.507. The van der Waals surface area contributed by atoms with Crippen molar-refractivity contribution in [3.05, 3.63) is 66.2 Å². The van der Waals surface area contributed by atoms with Crippen LogP contribution in [-0.2, 0) is 0 Å². The molecule has 104 valence electrons. The fourth-order valence-corrected chi connectivity index (χ4v) is 1.81. The van der Waals surface area contributed by atoms with Crippen LogP contribution in [0.2, 0.25) is 0 Å². The lowest BCUT2D eigenvalue weighted by Gasteiger charge is -2.06. The lowest BCUT2D eigenvalue weighted by atomic mass is 10.2. The molecule has 2 aromatic carbocycles. The molecule has 2 nitrogen and oxygen atoms in total. The third-order valence-electron chi connectivity index (χ3n) is 2.79. The van der Waals surface area contributed by atoms with E-state index in [2.05, 4.69) is 37.4 Å². The average molecular weight is 267 g/mol. The molecule has 0 atom stereocenters. The summed E-state index contributed by atoms with van der Waals surface area (Å²) in [5.74, 6) is 1.71. The number of benzene rings is 2. The van der Waals surface area contributed by atoms with Crippen LogP contribution in [0.15, 0.2) is 60.7 Å². The van der Waals surface area contributed by atoms with E-state index in [4.69, 9.17) is 4.74 Å². The topological polar surface area (TPSA) is 21.3 Å². The molecule has 0 aliphatic rings. The van der Waals surface area contributed by atoms with E-state index in [1.807, 2.05) is 48.5 Å². The summed E-state index contributed by atoms with van der Waals surface area (Å²) in [6.07, 6.45) is 4.23. The third-order valence-corrected chi connectivity index (χ3v) is 2.79. The molecule has 2 rings (SSSR count). The molecule has 0 aromatic heterocycles. The first-order chi connectivity index (χ1) is 9.74. The zero-order valence-electron chi connectivity index (χ0n) is 12.0. The molecule has 0 aliphatic carbocycles. The number of hydrogen-bond donors (Lipinski definition) is 1. The van der Waals surface area contributed by atoms with Crippen molar-refractivity contribution in [2.75, 3.05) is 6.54 Å². The van der Waals surface area contributed by atoms with Crippen molar-refractivity contribution in [2.24, 2.45) is 0 Å². The number of ether oxygens (including phenoxy) is 1. The maximum Gasteiger partial charge on any atom is 0.128 e. The van der Waals surface area contributed by atoms with E-state index in [9.17, 15) is 0 Å². The maximum absolute atomic E-state index is 5.81. The lowest BCUT2D eigenvalue weighted by Crippen LogP contribution is -2.22. The fourth-order valence-electron chi connectivity index (χ4n) is 1.81. The third kappa shape index (κ3) is 4.90. The Hall–Kier alpha value is -2.06. The summed E-state index contributed by atoms with van der Waals surface area (Å²) in [7, 11) is 0. The van der Waals surface area contributed by atoms with Gasteiger partial charge in [-0.1, -0.05) is 56.3 Å². The van der Waals surface area contributed by atoms with Crippen LogP contribution in [0.1, 0.15) is 19.4 Å². The van der Waals surface area contributed by atoms with Gasteiger partial charge in [0, 0.05) is 12.6 Å². The molecule has 0 saturated heterocycles. The van der Waals surface area contributed by atoms with Crippen LogP contribution >= 0.6 is 0 Å². The molecule has 0 saturated carbocycles. The molecule has 0 bridgehead atoms. The molecule has 0 heterocycles. The van der Waals surface area contributed by atoms with Gasteiger partial charge in [-0.15, -0.1) is 0 Å². The van der Waals surface area contributed by atoms with Crippen LogP contribution in [0.4, 0.5) is 0 Å². The van der Waals surface area contributed by atoms with E-state index in [-0.39, 0.29) is 0 Å². The maximum atomic E-state index is 5.81. The van der Waals surface area contributed by atoms with Crippen molar-refractivity contribution < 1.29 is 4.74 Å². The summed E-state index contributed by atoms with van der Waals surface area (Å²) >= 11 is 0. The SMILES string of the molecule is CC(C)NCC=Cc1cccc(Oc2ccccc2)c1. The summed E-state index contributed by atoms with van der Waals surface area (Å²) in [5.41, 5.74) is 1.14. The molecule has 0 fully saturated rings. The number of rotatable bonds is 6. The van der Waals surface area contributed by atoms with Crippen molar-refractivity contribution in [1.82, 2.24) is 5.32 Å².